The number of hydrogen-bond acceptors (Lipinski definition) is 7. The summed E-state index contributed by atoms with van der Waals surface area (Å²) in [5.74, 6) is -0.389. The molecule has 5 N–H and O–H groups in total. The fraction of sp³-hybridized carbons (Fsp3) is 0.532. The summed E-state index contributed by atoms with van der Waals surface area (Å²) in [6.45, 7) is 23.1. The number of nitrogens with zero attached hydrogens (tertiary/aromatic N) is 1. The van der Waals surface area contributed by atoms with Crippen LogP contribution in [0.3, 0.4) is 0 Å². The highest BCUT2D eigenvalue weighted by Gasteiger charge is 2.67. The van der Waals surface area contributed by atoms with Gasteiger partial charge in [0.25, 0.3) is 11.5 Å². The zero-order valence-electron chi connectivity index (χ0n) is 35.1. The van der Waals surface area contributed by atoms with Crippen LogP contribution in [-0.2, 0) is 21.4 Å². The van der Waals surface area contributed by atoms with Crippen LogP contribution in [0.2, 0.25) is 0 Å². The molecule has 1 amide bonds. The highest BCUT2D eigenvalue weighted by atomic mass is 16.5. The van der Waals surface area contributed by atoms with Crippen LogP contribution in [0, 0.1) is 28.6 Å². The van der Waals surface area contributed by atoms with Gasteiger partial charge in [-0.3, -0.25) is 19.4 Å². The summed E-state index contributed by atoms with van der Waals surface area (Å²) in [5.41, 5.74) is 4.07. The molecule has 6 aliphatic rings. The Balaban J connectivity index is 1.15. The summed E-state index contributed by atoms with van der Waals surface area (Å²) in [6, 6.07) is 1.70. The number of ether oxygens (including phenoxy) is 1. The second-order valence-corrected chi connectivity index (χ2v) is 20.0. The fourth-order valence-electron chi connectivity index (χ4n) is 13.3. The van der Waals surface area contributed by atoms with Gasteiger partial charge in [-0.15, -0.1) is 0 Å². The molecular weight excluding hydrogens is 733 g/mol. The lowest BCUT2D eigenvalue weighted by Crippen LogP contribution is -2.62. The Kier molecular flexibility index (Phi) is 8.21. The van der Waals surface area contributed by atoms with Crippen molar-refractivity contribution in [2.75, 3.05) is 5.32 Å². The molecule has 2 fully saturated rings. The Morgan fingerprint density at radius 3 is 2.47 bits per heavy atom. The summed E-state index contributed by atoms with van der Waals surface area (Å²) < 4.78 is 8.86. The summed E-state index contributed by atoms with van der Waals surface area (Å²) >= 11 is 0. The van der Waals surface area contributed by atoms with Crippen molar-refractivity contribution in [3.8, 4) is 0 Å². The van der Waals surface area contributed by atoms with Crippen molar-refractivity contribution in [2.45, 2.75) is 129 Å². The number of carbonyl (C=O) groups is 2. The molecule has 9 atom stereocenters. The maximum atomic E-state index is 15.0. The third-order valence-electron chi connectivity index (χ3n) is 15.8. The molecule has 11 heteroatoms. The van der Waals surface area contributed by atoms with Crippen molar-refractivity contribution in [2.24, 2.45) is 28.6 Å². The van der Waals surface area contributed by atoms with Crippen LogP contribution in [0.1, 0.15) is 133 Å². The molecule has 0 bridgehead atoms. The van der Waals surface area contributed by atoms with E-state index >= 15 is 0 Å². The summed E-state index contributed by atoms with van der Waals surface area (Å²) in [6.07, 6.45) is 11.6. The molecule has 0 saturated heterocycles. The molecule has 0 radical (unpaired) electrons. The van der Waals surface area contributed by atoms with Crippen molar-refractivity contribution in [3.63, 3.8) is 0 Å². The van der Waals surface area contributed by atoms with Crippen LogP contribution in [0.5, 0.6) is 0 Å². The minimum Gasteiger partial charge on any atom is -0.392 e. The van der Waals surface area contributed by atoms with Crippen LogP contribution in [0.25, 0.3) is 16.5 Å². The molecule has 3 aromatic rings. The minimum atomic E-state index is -0.889. The van der Waals surface area contributed by atoms with Gasteiger partial charge in [0.15, 0.2) is 5.78 Å². The lowest BCUT2D eigenvalue weighted by molar-refractivity contribution is -0.144. The van der Waals surface area contributed by atoms with Crippen molar-refractivity contribution in [1.29, 1.82) is 0 Å². The maximum Gasteiger partial charge on any atom is 0.325 e. The molecule has 58 heavy (non-hydrogen) atoms. The number of anilines is 1. The van der Waals surface area contributed by atoms with Crippen LogP contribution >= 0.6 is 0 Å². The molecule has 1 aromatic carbocycles. The summed E-state index contributed by atoms with van der Waals surface area (Å²) in [5, 5.41) is 27.7. The number of carbonyl (C=O) groups excluding carboxylic acids is 2. The third kappa shape index (κ3) is 4.96. The van der Waals surface area contributed by atoms with Gasteiger partial charge in [0.2, 0.25) is 0 Å². The van der Waals surface area contributed by atoms with Gasteiger partial charge in [0.05, 0.1) is 34.5 Å². The number of fused-ring (bicyclic) bond motifs is 11. The number of Topliss-reactive ketones (excluding diaryl/α,β-unsaturated/α-hetero) is 1. The van der Waals surface area contributed by atoms with Crippen LogP contribution < -0.4 is 16.6 Å². The Hall–Kier alpha value is -4.58. The van der Waals surface area contributed by atoms with E-state index in [0.29, 0.717) is 23.5 Å². The predicted octanol–water partition coefficient (Wildman–Crippen LogP) is 7.11. The Bertz CT molecular complexity index is 2600. The van der Waals surface area contributed by atoms with Crippen molar-refractivity contribution in [3.05, 3.63) is 103 Å². The van der Waals surface area contributed by atoms with Crippen LogP contribution in [-0.4, -0.2) is 53.7 Å². The lowest BCUT2D eigenvalue weighted by Gasteiger charge is -2.64. The molecule has 4 heterocycles. The van der Waals surface area contributed by atoms with E-state index in [-0.39, 0.29) is 34.1 Å². The first-order valence-electron chi connectivity index (χ1n) is 20.8. The Morgan fingerprint density at radius 1 is 1.05 bits per heavy atom. The molecule has 2 saturated carbocycles. The van der Waals surface area contributed by atoms with E-state index in [0.717, 1.165) is 58.9 Å². The summed E-state index contributed by atoms with van der Waals surface area (Å²) in [7, 11) is 0. The average Bonchev–Trinajstić information content (AvgIpc) is 3.80. The topological polar surface area (TPSA) is 167 Å². The number of hydrogen-bond donors (Lipinski definition) is 5. The van der Waals surface area contributed by atoms with Crippen molar-refractivity contribution >= 4 is 33.9 Å². The van der Waals surface area contributed by atoms with E-state index in [9.17, 15) is 29.4 Å². The second kappa shape index (κ2) is 12.2. The van der Waals surface area contributed by atoms with E-state index in [2.05, 4.69) is 79.3 Å². The molecule has 9 unspecified atom stereocenters. The largest absolute Gasteiger partial charge is 0.392 e. The highest BCUT2D eigenvalue weighted by Crippen LogP contribution is 2.71. The Morgan fingerprint density at radius 2 is 1.78 bits per heavy atom. The molecule has 4 aliphatic carbocycles. The molecule has 0 spiro atoms. The highest BCUT2D eigenvalue weighted by molar-refractivity contribution is 6.18. The number of benzene rings is 1. The average molecular weight is 789 g/mol. The van der Waals surface area contributed by atoms with Crippen LogP contribution in [0.4, 0.5) is 5.69 Å². The Labute approximate surface area is 338 Å². The lowest BCUT2D eigenvalue weighted by atomic mass is 9.40. The molecule has 2 aromatic heterocycles. The minimum absolute atomic E-state index is 0.00353. The zero-order valence-corrected chi connectivity index (χ0v) is 35.1. The quantitative estimate of drug-likeness (QED) is 0.104. The zero-order chi connectivity index (χ0) is 41.8. The van der Waals surface area contributed by atoms with Gasteiger partial charge < -0.3 is 29.8 Å². The SMILES string of the molecule is C=C(C)C1C(=O)c2c3c(cc4c5c(n1c24)C1(C)C(CCC2C(C)(/C=C/C=C(\C)C(=O)Nc4c[nH]c(=O)[nH]c4=O)C(O)CCC21C)C5)C1=CC(C)(C)OC(C)(C)C1C3O. The third-order valence-corrected chi connectivity index (χ3v) is 15.8. The van der Waals surface area contributed by atoms with Gasteiger partial charge >= 0.3 is 5.69 Å². The first-order chi connectivity index (χ1) is 27.1. The normalized spacial score (nSPS) is 35.3. The number of rotatable bonds is 5. The van der Waals surface area contributed by atoms with Gasteiger partial charge in [0, 0.05) is 45.2 Å². The van der Waals surface area contributed by atoms with Crippen molar-refractivity contribution < 1.29 is 24.5 Å². The predicted molar refractivity (Wildman–Crippen MR) is 224 cm³/mol. The maximum absolute atomic E-state index is 15.0. The van der Waals surface area contributed by atoms with Crippen molar-refractivity contribution in [1.82, 2.24) is 14.5 Å². The van der Waals surface area contributed by atoms with Gasteiger partial charge in [-0.25, -0.2) is 4.79 Å². The number of nitrogens with one attached hydrogen (secondary N) is 3. The van der Waals surface area contributed by atoms with Gasteiger partial charge in [-0.05, 0) is 120 Å². The smallest absolute Gasteiger partial charge is 0.325 e. The molecule has 2 aliphatic heterocycles. The number of aromatic amines is 2. The first kappa shape index (κ1) is 38.9. The van der Waals surface area contributed by atoms with E-state index < -0.39 is 52.0 Å². The summed E-state index contributed by atoms with van der Waals surface area (Å²) in [4.78, 5) is 56.1. The first-order valence-corrected chi connectivity index (χ1v) is 20.8. The molecule has 9 rings (SSSR count). The number of aliphatic hydroxyl groups excluding tert-OH is 2. The number of ketones is 1. The van der Waals surface area contributed by atoms with E-state index in [1.54, 1.807) is 13.0 Å². The number of aliphatic hydroxyl groups is 2. The van der Waals surface area contributed by atoms with E-state index in [1.165, 1.54) is 17.5 Å². The van der Waals surface area contributed by atoms with E-state index in [4.69, 9.17) is 4.74 Å². The fourth-order valence-corrected chi connectivity index (χ4v) is 13.3. The molecular formula is C47H56N4O7. The molecule has 306 valence electrons. The van der Waals surface area contributed by atoms with E-state index in [1.807, 2.05) is 26.8 Å². The molecule has 11 nitrogen and oxygen atoms in total. The van der Waals surface area contributed by atoms with Gasteiger partial charge in [0.1, 0.15) is 11.7 Å². The van der Waals surface area contributed by atoms with Gasteiger partial charge in [-0.1, -0.05) is 51.2 Å². The number of allylic oxidation sites excluding steroid dienone is 3. The number of H-pyrrole nitrogens is 2. The standard InChI is InChI=1S/C47H56N4O7/c1-22(2)35-38(54)33-32-25(28-20-43(4,5)58-44(6,7)34(28)37(32)53)19-26-27-18-24-13-14-30-45(8,16-11-12-23(3)40(55)49-29-21-48-42(57)50-41(29)56)31(52)15-17-46(30,9)47(24,10)39(27)51(35)36(26)33/h11-12,16,19-21,24,30-31,34-35,37,52-53H,1,13-15,17-18H2,2-10H3,(H,49,55)(H2,48,50,56,57)/b16-11+,23-12+. The number of amides is 1. The monoisotopic (exact) mass is 788 g/mol. The second-order valence-electron chi connectivity index (χ2n) is 20.0. The number of aromatic nitrogens is 3. The van der Waals surface area contributed by atoms with Crippen LogP contribution in [0.15, 0.2) is 63.9 Å². The van der Waals surface area contributed by atoms with Gasteiger partial charge in [-0.2, -0.15) is 0 Å².